The molecule has 0 fully saturated rings. The van der Waals surface area contributed by atoms with Crippen molar-refractivity contribution >= 4 is 12.2 Å². The van der Waals surface area contributed by atoms with Gasteiger partial charge in [-0.05, 0) is 12.1 Å². The Morgan fingerprint density at radius 2 is 1.24 bits per heavy atom. The molecule has 0 radical (unpaired) electrons. The number of hydrogen-bond acceptors (Lipinski definition) is 0. The van der Waals surface area contributed by atoms with Crippen molar-refractivity contribution in [2.45, 2.75) is 0 Å². The second-order valence-electron chi connectivity index (χ2n) is 3.50. The van der Waals surface area contributed by atoms with Gasteiger partial charge in [0, 0.05) is 11.1 Å². The molecule has 0 N–H and O–H groups in total. The third kappa shape index (κ3) is 2.56. The van der Waals surface area contributed by atoms with Crippen LogP contribution in [0, 0.1) is 17.5 Å². The van der Waals surface area contributed by atoms with E-state index >= 15 is 0 Å². The quantitative estimate of drug-likeness (QED) is 0.680. The molecule has 0 saturated heterocycles. The van der Waals surface area contributed by atoms with Gasteiger partial charge in [0.25, 0.3) is 0 Å². The van der Waals surface area contributed by atoms with Gasteiger partial charge >= 0.3 is 0 Å². The molecule has 0 bridgehead atoms. The van der Waals surface area contributed by atoms with Crippen molar-refractivity contribution in [3.8, 4) is 0 Å². The van der Waals surface area contributed by atoms with Crippen LogP contribution in [0.25, 0.3) is 12.2 Å². The van der Waals surface area contributed by atoms with E-state index in [1.54, 1.807) is 18.2 Å². The van der Waals surface area contributed by atoms with E-state index in [4.69, 9.17) is 0 Å². The van der Waals surface area contributed by atoms with Crippen molar-refractivity contribution in [3.05, 3.63) is 71.0 Å². The Kier molecular flexibility index (Phi) is 3.28. The Balaban J connectivity index is 2.33. The standard InChI is InChI=1S/C14H9F3/c15-12-6-2-1-4-10(12)8-9-11-5-3-7-13(16)14(11)17/h1-9H/b9-8+. The molecule has 0 heterocycles. The number of rotatable bonds is 2. The summed E-state index contributed by atoms with van der Waals surface area (Å²) in [6.07, 6.45) is 2.75. The Morgan fingerprint density at radius 3 is 2.00 bits per heavy atom. The van der Waals surface area contributed by atoms with Crippen LogP contribution in [0.4, 0.5) is 13.2 Å². The van der Waals surface area contributed by atoms with Crippen molar-refractivity contribution < 1.29 is 13.2 Å². The van der Waals surface area contributed by atoms with Crippen LogP contribution >= 0.6 is 0 Å². The highest BCUT2D eigenvalue weighted by Gasteiger charge is 2.04. The lowest BCUT2D eigenvalue weighted by atomic mass is 10.1. The summed E-state index contributed by atoms with van der Waals surface area (Å²) in [4.78, 5) is 0. The number of benzene rings is 2. The molecular formula is C14H9F3. The average Bonchev–Trinajstić information content (AvgIpc) is 2.33. The predicted octanol–water partition coefficient (Wildman–Crippen LogP) is 4.27. The van der Waals surface area contributed by atoms with Gasteiger partial charge in [0.15, 0.2) is 11.6 Å². The molecule has 86 valence electrons. The van der Waals surface area contributed by atoms with Gasteiger partial charge in [0.2, 0.25) is 0 Å². The third-order valence-electron chi connectivity index (χ3n) is 2.33. The maximum Gasteiger partial charge on any atom is 0.166 e. The SMILES string of the molecule is Fc1ccccc1/C=C/c1cccc(F)c1F. The zero-order chi connectivity index (χ0) is 12.3. The lowest BCUT2D eigenvalue weighted by Gasteiger charge is -1.98. The highest BCUT2D eigenvalue weighted by Crippen LogP contribution is 2.16. The highest BCUT2D eigenvalue weighted by molar-refractivity contribution is 5.70. The summed E-state index contributed by atoms with van der Waals surface area (Å²) in [6.45, 7) is 0. The maximum atomic E-state index is 13.3. The summed E-state index contributed by atoms with van der Waals surface area (Å²) in [6, 6.07) is 9.97. The monoisotopic (exact) mass is 234 g/mol. The van der Waals surface area contributed by atoms with Crippen LogP contribution in [0.15, 0.2) is 42.5 Å². The zero-order valence-electron chi connectivity index (χ0n) is 8.83. The topological polar surface area (TPSA) is 0 Å². The zero-order valence-corrected chi connectivity index (χ0v) is 8.83. The van der Waals surface area contributed by atoms with Crippen LogP contribution in [0.5, 0.6) is 0 Å². The molecule has 0 aliphatic carbocycles. The van der Waals surface area contributed by atoms with E-state index in [1.807, 2.05) is 0 Å². The molecule has 0 unspecified atom stereocenters. The van der Waals surface area contributed by atoms with E-state index in [1.165, 1.54) is 30.4 Å². The molecule has 3 heteroatoms. The minimum Gasteiger partial charge on any atom is -0.206 e. The summed E-state index contributed by atoms with van der Waals surface area (Å²) < 4.78 is 39.4. The van der Waals surface area contributed by atoms with Crippen LogP contribution in [-0.2, 0) is 0 Å². The fourth-order valence-electron chi connectivity index (χ4n) is 1.44. The van der Waals surface area contributed by atoms with E-state index in [9.17, 15) is 13.2 Å². The summed E-state index contributed by atoms with van der Waals surface area (Å²) >= 11 is 0. The van der Waals surface area contributed by atoms with Crippen molar-refractivity contribution in [2.75, 3.05) is 0 Å². The van der Waals surface area contributed by atoms with Crippen molar-refractivity contribution in [2.24, 2.45) is 0 Å². The molecule has 2 aromatic rings. The van der Waals surface area contributed by atoms with Crippen molar-refractivity contribution in [1.82, 2.24) is 0 Å². The first-order valence-electron chi connectivity index (χ1n) is 5.05. The lowest BCUT2D eigenvalue weighted by Crippen LogP contribution is -1.87. The molecule has 17 heavy (non-hydrogen) atoms. The molecule has 0 aliphatic heterocycles. The Morgan fingerprint density at radius 1 is 0.647 bits per heavy atom. The Hall–Kier alpha value is -2.03. The van der Waals surface area contributed by atoms with Gasteiger partial charge in [-0.25, -0.2) is 13.2 Å². The van der Waals surface area contributed by atoms with Crippen molar-refractivity contribution in [1.29, 1.82) is 0 Å². The van der Waals surface area contributed by atoms with Gasteiger partial charge in [0.1, 0.15) is 5.82 Å². The van der Waals surface area contributed by atoms with E-state index < -0.39 is 17.5 Å². The first kappa shape index (κ1) is 11.5. The largest absolute Gasteiger partial charge is 0.206 e. The summed E-state index contributed by atoms with van der Waals surface area (Å²) in [7, 11) is 0. The van der Waals surface area contributed by atoms with Crippen LogP contribution in [0.1, 0.15) is 11.1 Å². The van der Waals surface area contributed by atoms with E-state index in [-0.39, 0.29) is 5.56 Å². The Bertz CT molecular complexity index is 559. The summed E-state index contributed by atoms with van der Waals surface area (Å²) in [5, 5.41) is 0. The minimum atomic E-state index is -0.930. The molecule has 0 atom stereocenters. The molecule has 0 aliphatic rings. The lowest BCUT2D eigenvalue weighted by molar-refractivity contribution is 0.507. The second-order valence-corrected chi connectivity index (χ2v) is 3.50. The minimum absolute atomic E-state index is 0.0910. The molecule has 0 spiro atoms. The summed E-state index contributed by atoms with van der Waals surface area (Å²) in [5.41, 5.74) is 0.421. The predicted molar refractivity (Wildman–Crippen MR) is 61.7 cm³/mol. The molecule has 0 nitrogen and oxygen atoms in total. The van der Waals surface area contributed by atoms with Gasteiger partial charge in [-0.3, -0.25) is 0 Å². The first-order chi connectivity index (χ1) is 8.18. The van der Waals surface area contributed by atoms with Gasteiger partial charge in [-0.1, -0.05) is 42.5 Å². The second kappa shape index (κ2) is 4.87. The van der Waals surface area contributed by atoms with Gasteiger partial charge in [-0.2, -0.15) is 0 Å². The van der Waals surface area contributed by atoms with Crippen LogP contribution in [0.2, 0.25) is 0 Å². The summed E-state index contributed by atoms with van der Waals surface area (Å²) in [5.74, 6) is -2.25. The number of halogens is 3. The van der Waals surface area contributed by atoms with Gasteiger partial charge in [-0.15, -0.1) is 0 Å². The van der Waals surface area contributed by atoms with E-state index in [0.717, 1.165) is 6.07 Å². The maximum absolute atomic E-state index is 13.3. The Labute approximate surface area is 97.0 Å². The average molecular weight is 234 g/mol. The first-order valence-corrected chi connectivity index (χ1v) is 5.05. The highest BCUT2D eigenvalue weighted by atomic mass is 19.2. The fourth-order valence-corrected chi connectivity index (χ4v) is 1.44. The molecular weight excluding hydrogens is 225 g/mol. The molecule has 0 saturated carbocycles. The van der Waals surface area contributed by atoms with Crippen LogP contribution < -0.4 is 0 Å². The van der Waals surface area contributed by atoms with Gasteiger partial charge in [0.05, 0.1) is 0 Å². The van der Waals surface area contributed by atoms with Gasteiger partial charge < -0.3 is 0 Å². The molecule has 2 aromatic carbocycles. The van der Waals surface area contributed by atoms with Crippen molar-refractivity contribution in [3.63, 3.8) is 0 Å². The van der Waals surface area contributed by atoms with E-state index in [2.05, 4.69) is 0 Å². The smallest absolute Gasteiger partial charge is 0.166 e. The fraction of sp³-hybridized carbons (Fsp3) is 0. The number of hydrogen-bond donors (Lipinski definition) is 0. The molecule has 2 rings (SSSR count). The van der Waals surface area contributed by atoms with E-state index in [0.29, 0.717) is 5.56 Å². The normalized spacial score (nSPS) is 11.0. The van der Waals surface area contributed by atoms with Crippen LogP contribution in [0.3, 0.4) is 0 Å². The molecule has 0 amide bonds. The van der Waals surface area contributed by atoms with Crippen LogP contribution in [-0.4, -0.2) is 0 Å². The third-order valence-corrected chi connectivity index (χ3v) is 2.33. The molecule has 0 aromatic heterocycles.